The van der Waals surface area contributed by atoms with Gasteiger partial charge in [0.05, 0.1) is 0 Å². The molecule has 4 heteroatoms. The summed E-state index contributed by atoms with van der Waals surface area (Å²) in [5.74, 6) is -0.896. The van der Waals surface area contributed by atoms with Gasteiger partial charge in [0.15, 0.2) is 0 Å². The number of allylic oxidation sites excluding steroid dienone is 4. The Labute approximate surface area is 80.7 Å². The minimum atomic E-state index is -0.456. The van der Waals surface area contributed by atoms with Crippen molar-refractivity contribution in [1.29, 1.82) is 0 Å². The molecule has 0 aromatic carbocycles. The lowest BCUT2D eigenvalue weighted by Crippen LogP contribution is -2.14. The number of hydrogen-bond acceptors (Lipinski definition) is 2. The standard InChI is InChI=1S/C10H8N2O2/c13-9-6-8(10(14)12-11-9)7-4-2-1-3-5-7/h1-4,6-7H,5H2. The molecule has 1 aliphatic heterocycles. The van der Waals surface area contributed by atoms with Gasteiger partial charge in [-0.05, 0) is 6.42 Å². The first-order valence-electron chi connectivity index (χ1n) is 4.32. The molecule has 0 saturated heterocycles. The maximum absolute atomic E-state index is 11.3. The third-order valence-electron chi connectivity index (χ3n) is 2.15. The molecule has 1 aliphatic carbocycles. The fourth-order valence-electron chi connectivity index (χ4n) is 1.45. The molecule has 1 atom stereocenters. The molecule has 0 bridgehead atoms. The molecule has 0 aromatic rings. The van der Waals surface area contributed by atoms with E-state index in [4.69, 9.17) is 0 Å². The first kappa shape index (κ1) is 8.74. The first-order valence-corrected chi connectivity index (χ1v) is 4.32. The normalized spacial score (nSPS) is 25.4. The van der Waals surface area contributed by atoms with Crippen molar-refractivity contribution in [2.45, 2.75) is 6.42 Å². The van der Waals surface area contributed by atoms with E-state index in [0.717, 1.165) is 6.42 Å². The molecule has 0 N–H and O–H groups in total. The van der Waals surface area contributed by atoms with Crippen LogP contribution in [0.3, 0.4) is 0 Å². The van der Waals surface area contributed by atoms with Crippen molar-refractivity contribution in [3.8, 4) is 0 Å². The molecule has 2 rings (SSSR count). The summed E-state index contributed by atoms with van der Waals surface area (Å²) in [6.45, 7) is 0. The maximum atomic E-state index is 11.3. The van der Waals surface area contributed by atoms with Crippen molar-refractivity contribution in [2.24, 2.45) is 16.1 Å². The fourth-order valence-corrected chi connectivity index (χ4v) is 1.45. The van der Waals surface area contributed by atoms with E-state index in [1.807, 2.05) is 24.3 Å². The van der Waals surface area contributed by atoms with Crippen LogP contribution < -0.4 is 0 Å². The van der Waals surface area contributed by atoms with Gasteiger partial charge in [0.25, 0.3) is 11.8 Å². The lowest BCUT2D eigenvalue weighted by Gasteiger charge is -2.14. The Morgan fingerprint density at radius 1 is 1.21 bits per heavy atom. The molecule has 1 heterocycles. The molecule has 0 spiro atoms. The van der Waals surface area contributed by atoms with Gasteiger partial charge in [-0.2, -0.15) is 0 Å². The second kappa shape index (κ2) is 3.49. The second-order valence-electron chi connectivity index (χ2n) is 3.10. The molecular formula is C10H8N2O2. The maximum Gasteiger partial charge on any atom is 0.292 e. The molecule has 0 saturated carbocycles. The Kier molecular flexibility index (Phi) is 2.18. The molecule has 2 aliphatic rings. The van der Waals surface area contributed by atoms with E-state index >= 15 is 0 Å². The van der Waals surface area contributed by atoms with Crippen molar-refractivity contribution in [3.05, 3.63) is 36.0 Å². The van der Waals surface area contributed by atoms with Crippen LogP contribution in [-0.4, -0.2) is 11.8 Å². The molecule has 0 radical (unpaired) electrons. The van der Waals surface area contributed by atoms with Gasteiger partial charge in [-0.1, -0.05) is 24.3 Å². The van der Waals surface area contributed by atoms with Gasteiger partial charge in [-0.25, -0.2) is 0 Å². The van der Waals surface area contributed by atoms with Crippen LogP contribution in [0.4, 0.5) is 0 Å². The summed E-state index contributed by atoms with van der Waals surface area (Å²) in [5.41, 5.74) is 0.436. The van der Waals surface area contributed by atoms with E-state index < -0.39 is 11.8 Å². The molecule has 0 aromatic heterocycles. The highest BCUT2D eigenvalue weighted by atomic mass is 16.2. The smallest absolute Gasteiger partial charge is 0.266 e. The van der Waals surface area contributed by atoms with Crippen LogP contribution in [0.2, 0.25) is 0 Å². The van der Waals surface area contributed by atoms with Gasteiger partial charge in [0.1, 0.15) is 0 Å². The van der Waals surface area contributed by atoms with Crippen LogP contribution in [0, 0.1) is 5.92 Å². The Morgan fingerprint density at radius 2 is 2.07 bits per heavy atom. The third-order valence-corrected chi connectivity index (χ3v) is 2.15. The van der Waals surface area contributed by atoms with Crippen molar-refractivity contribution >= 4 is 11.8 Å². The van der Waals surface area contributed by atoms with Crippen LogP contribution in [0.5, 0.6) is 0 Å². The SMILES string of the molecule is O=C1C=C(C2C=CC=CC2)C(=O)N=N1. The number of hydrogen-bond donors (Lipinski definition) is 0. The molecule has 70 valence electrons. The Morgan fingerprint density at radius 3 is 2.79 bits per heavy atom. The zero-order valence-corrected chi connectivity index (χ0v) is 7.38. The van der Waals surface area contributed by atoms with E-state index in [9.17, 15) is 9.59 Å². The van der Waals surface area contributed by atoms with E-state index in [0.29, 0.717) is 5.57 Å². The van der Waals surface area contributed by atoms with Gasteiger partial charge < -0.3 is 0 Å². The second-order valence-corrected chi connectivity index (χ2v) is 3.10. The summed E-state index contributed by atoms with van der Waals surface area (Å²) in [6.07, 6.45) is 9.61. The molecule has 0 fully saturated rings. The molecular weight excluding hydrogens is 180 g/mol. The van der Waals surface area contributed by atoms with Gasteiger partial charge >= 0.3 is 0 Å². The number of azo groups is 1. The highest BCUT2D eigenvalue weighted by Gasteiger charge is 2.22. The Bertz CT molecular complexity index is 402. The van der Waals surface area contributed by atoms with Crippen LogP contribution in [-0.2, 0) is 9.59 Å². The quantitative estimate of drug-likeness (QED) is 0.627. The minimum Gasteiger partial charge on any atom is -0.266 e. The lowest BCUT2D eigenvalue weighted by molar-refractivity contribution is -0.120. The Hall–Kier alpha value is -1.84. The predicted octanol–water partition coefficient (Wildman–Crippen LogP) is 1.56. The Balaban J connectivity index is 2.25. The average Bonchev–Trinajstić information content (AvgIpc) is 2.23. The van der Waals surface area contributed by atoms with Crippen molar-refractivity contribution in [1.82, 2.24) is 0 Å². The number of nitrogens with zero attached hydrogens (tertiary/aromatic N) is 2. The summed E-state index contributed by atoms with van der Waals surface area (Å²) in [5, 5.41) is 6.45. The van der Waals surface area contributed by atoms with Gasteiger partial charge in [-0.3, -0.25) is 9.59 Å². The van der Waals surface area contributed by atoms with Gasteiger partial charge in [0, 0.05) is 17.6 Å². The first-order chi connectivity index (χ1) is 6.77. The van der Waals surface area contributed by atoms with Crippen LogP contribution in [0.15, 0.2) is 46.2 Å². The van der Waals surface area contributed by atoms with Crippen LogP contribution in [0.1, 0.15) is 6.42 Å². The zero-order valence-electron chi connectivity index (χ0n) is 7.38. The molecule has 2 amide bonds. The van der Waals surface area contributed by atoms with Crippen LogP contribution >= 0.6 is 0 Å². The predicted molar refractivity (Wildman–Crippen MR) is 49.3 cm³/mol. The monoisotopic (exact) mass is 188 g/mol. The van der Waals surface area contributed by atoms with Crippen molar-refractivity contribution < 1.29 is 9.59 Å². The lowest BCUT2D eigenvalue weighted by atomic mass is 9.91. The highest BCUT2D eigenvalue weighted by Crippen LogP contribution is 2.23. The molecule has 1 unspecified atom stereocenters. The van der Waals surface area contributed by atoms with E-state index in [1.165, 1.54) is 6.08 Å². The molecule has 4 nitrogen and oxygen atoms in total. The van der Waals surface area contributed by atoms with E-state index in [1.54, 1.807) is 0 Å². The number of carbonyl (C=O) groups is 2. The van der Waals surface area contributed by atoms with Crippen molar-refractivity contribution in [2.75, 3.05) is 0 Å². The summed E-state index contributed by atoms with van der Waals surface area (Å²) in [7, 11) is 0. The van der Waals surface area contributed by atoms with E-state index in [2.05, 4.69) is 10.2 Å². The van der Waals surface area contributed by atoms with Crippen molar-refractivity contribution in [3.63, 3.8) is 0 Å². The average molecular weight is 188 g/mol. The van der Waals surface area contributed by atoms with Gasteiger partial charge in [-0.15, -0.1) is 10.2 Å². The van der Waals surface area contributed by atoms with E-state index in [-0.39, 0.29) is 5.92 Å². The topological polar surface area (TPSA) is 58.9 Å². The number of carbonyl (C=O) groups excluding carboxylic acids is 2. The van der Waals surface area contributed by atoms with Crippen LogP contribution in [0.25, 0.3) is 0 Å². The zero-order chi connectivity index (χ0) is 9.97. The third kappa shape index (κ3) is 1.59. The summed E-state index contributed by atoms with van der Waals surface area (Å²) in [4.78, 5) is 22.2. The molecule has 14 heavy (non-hydrogen) atoms. The fraction of sp³-hybridized carbons (Fsp3) is 0.200. The summed E-state index contributed by atoms with van der Waals surface area (Å²) >= 11 is 0. The largest absolute Gasteiger partial charge is 0.292 e. The highest BCUT2D eigenvalue weighted by molar-refractivity contribution is 6.05. The minimum absolute atomic E-state index is 0.0318. The number of amides is 2. The number of rotatable bonds is 1. The summed E-state index contributed by atoms with van der Waals surface area (Å²) < 4.78 is 0. The van der Waals surface area contributed by atoms with Gasteiger partial charge in [0.2, 0.25) is 0 Å². The summed E-state index contributed by atoms with van der Waals surface area (Å²) in [6, 6.07) is 0.